The number of hydrogen-bond donors (Lipinski definition) is 1. The molecule has 3 aromatic carbocycles. The highest BCUT2D eigenvalue weighted by atomic mass is 32.1. The molecule has 6 nitrogen and oxygen atoms in total. The molecular formula is C24H20N2O4S. The second kappa shape index (κ2) is 9.32. The standard InChI is InChI=1S/C24H20N2O4S/c1-28-20-12-17(13-21(14-20)29-2)23(27)26-24-25-22(15-31-24)16-8-10-19(11-9-16)30-18-6-4-3-5-7-18/h3-15H,1-2H3,(H,25,26,27). The highest BCUT2D eigenvalue weighted by molar-refractivity contribution is 7.14. The molecule has 0 bridgehead atoms. The van der Waals surface area contributed by atoms with Crippen molar-refractivity contribution in [1.29, 1.82) is 0 Å². The molecule has 1 N–H and O–H groups in total. The normalized spacial score (nSPS) is 10.4. The maximum atomic E-state index is 12.6. The van der Waals surface area contributed by atoms with E-state index in [0.29, 0.717) is 22.2 Å². The molecule has 1 heterocycles. The summed E-state index contributed by atoms with van der Waals surface area (Å²) in [6.45, 7) is 0. The average molecular weight is 433 g/mol. The van der Waals surface area contributed by atoms with Crippen LogP contribution >= 0.6 is 11.3 Å². The number of hydrogen-bond acceptors (Lipinski definition) is 6. The van der Waals surface area contributed by atoms with Crippen molar-refractivity contribution in [3.8, 4) is 34.3 Å². The van der Waals surface area contributed by atoms with Crippen molar-refractivity contribution < 1.29 is 19.0 Å². The Bertz CT molecular complexity index is 1150. The number of ether oxygens (including phenoxy) is 3. The summed E-state index contributed by atoms with van der Waals surface area (Å²) in [5, 5.41) is 5.23. The van der Waals surface area contributed by atoms with E-state index in [4.69, 9.17) is 14.2 Å². The Morgan fingerprint density at radius 3 is 2.13 bits per heavy atom. The first-order valence-electron chi connectivity index (χ1n) is 9.48. The number of benzene rings is 3. The summed E-state index contributed by atoms with van der Waals surface area (Å²) in [5.41, 5.74) is 2.13. The van der Waals surface area contributed by atoms with E-state index >= 15 is 0 Å². The van der Waals surface area contributed by atoms with Gasteiger partial charge in [-0.15, -0.1) is 11.3 Å². The molecule has 0 unspecified atom stereocenters. The molecule has 156 valence electrons. The fraction of sp³-hybridized carbons (Fsp3) is 0.0833. The third kappa shape index (κ3) is 5.02. The van der Waals surface area contributed by atoms with Gasteiger partial charge in [-0.25, -0.2) is 4.98 Å². The molecule has 31 heavy (non-hydrogen) atoms. The number of amides is 1. The summed E-state index contributed by atoms with van der Waals surface area (Å²) >= 11 is 1.36. The van der Waals surface area contributed by atoms with Crippen LogP contribution in [0.5, 0.6) is 23.0 Å². The first-order chi connectivity index (χ1) is 15.1. The lowest BCUT2D eigenvalue weighted by atomic mass is 10.2. The third-order valence-corrected chi connectivity index (χ3v) is 5.22. The number of para-hydroxylation sites is 1. The van der Waals surface area contributed by atoms with E-state index < -0.39 is 0 Å². The number of thiazole rings is 1. The number of aromatic nitrogens is 1. The van der Waals surface area contributed by atoms with Crippen molar-refractivity contribution in [1.82, 2.24) is 4.98 Å². The van der Waals surface area contributed by atoms with Gasteiger partial charge in [0, 0.05) is 22.6 Å². The summed E-state index contributed by atoms with van der Waals surface area (Å²) in [6.07, 6.45) is 0. The minimum Gasteiger partial charge on any atom is -0.497 e. The highest BCUT2D eigenvalue weighted by Crippen LogP contribution is 2.29. The Hall–Kier alpha value is -3.84. The minimum absolute atomic E-state index is 0.287. The lowest BCUT2D eigenvalue weighted by molar-refractivity contribution is 0.102. The zero-order valence-electron chi connectivity index (χ0n) is 17.0. The fourth-order valence-corrected chi connectivity index (χ4v) is 3.60. The van der Waals surface area contributed by atoms with Crippen LogP contribution in [0.3, 0.4) is 0 Å². The van der Waals surface area contributed by atoms with E-state index in [2.05, 4.69) is 10.3 Å². The largest absolute Gasteiger partial charge is 0.497 e. The van der Waals surface area contributed by atoms with Crippen LogP contribution in [-0.2, 0) is 0 Å². The van der Waals surface area contributed by atoms with Crippen molar-refractivity contribution in [2.45, 2.75) is 0 Å². The van der Waals surface area contributed by atoms with Crippen molar-refractivity contribution in [2.24, 2.45) is 0 Å². The molecule has 0 spiro atoms. The van der Waals surface area contributed by atoms with E-state index in [-0.39, 0.29) is 5.91 Å². The van der Waals surface area contributed by atoms with Crippen LogP contribution in [0.1, 0.15) is 10.4 Å². The summed E-state index contributed by atoms with van der Waals surface area (Å²) in [7, 11) is 3.08. The summed E-state index contributed by atoms with van der Waals surface area (Å²) in [4.78, 5) is 17.2. The molecular weight excluding hydrogens is 412 g/mol. The van der Waals surface area contributed by atoms with Crippen molar-refractivity contribution in [3.63, 3.8) is 0 Å². The quantitative estimate of drug-likeness (QED) is 0.395. The molecule has 0 saturated carbocycles. The molecule has 4 rings (SSSR count). The van der Waals surface area contributed by atoms with Gasteiger partial charge in [-0.05, 0) is 48.5 Å². The number of carbonyl (C=O) groups excluding carboxylic acids is 1. The minimum atomic E-state index is -0.287. The lowest BCUT2D eigenvalue weighted by Gasteiger charge is -2.08. The molecule has 0 atom stereocenters. The van der Waals surface area contributed by atoms with Crippen LogP contribution in [0.15, 0.2) is 78.2 Å². The van der Waals surface area contributed by atoms with Crippen LogP contribution in [0.4, 0.5) is 5.13 Å². The van der Waals surface area contributed by atoms with Crippen LogP contribution in [0, 0.1) is 0 Å². The predicted molar refractivity (Wildman–Crippen MR) is 122 cm³/mol. The van der Waals surface area contributed by atoms with Crippen LogP contribution in [0.25, 0.3) is 11.3 Å². The Morgan fingerprint density at radius 1 is 0.839 bits per heavy atom. The third-order valence-electron chi connectivity index (χ3n) is 4.47. The highest BCUT2D eigenvalue weighted by Gasteiger charge is 2.13. The molecule has 0 aliphatic carbocycles. The molecule has 1 aromatic heterocycles. The summed E-state index contributed by atoms with van der Waals surface area (Å²) < 4.78 is 16.3. The monoisotopic (exact) mass is 432 g/mol. The second-order valence-electron chi connectivity index (χ2n) is 6.53. The topological polar surface area (TPSA) is 69.7 Å². The summed E-state index contributed by atoms with van der Waals surface area (Å²) in [6, 6.07) is 22.3. The molecule has 4 aromatic rings. The van der Waals surface area contributed by atoms with Gasteiger partial charge in [-0.1, -0.05) is 18.2 Å². The van der Waals surface area contributed by atoms with Crippen molar-refractivity contribution in [3.05, 3.63) is 83.7 Å². The van der Waals surface area contributed by atoms with E-state index in [1.54, 1.807) is 32.4 Å². The van der Waals surface area contributed by atoms with Gasteiger partial charge in [0.2, 0.25) is 0 Å². The predicted octanol–water partition coefficient (Wildman–Crippen LogP) is 5.87. The number of nitrogens with zero attached hydrogens (tertiary/aromatic N) is 1. The molecule has 7 heteroatoms. The zero-order chi connectivity index (χ0) is 21.6. The van der Waals surface area contributed by atoms with Gasteiger partial charge in [0.15, 0.2) is 5.13 Å². The number of nitrogens with one attached hydrogen (secondary N) is 1. The van der Waals surface area contributed by atoms with E-state index in [0.717, 1.165) is 22.8 Å². The smallest absolute Gasteiger partial charge is 0.257 e. The van der Waals surface area contributed by atoms with Gasteiger partial charge in [-0.3, -0.25) is 10.1 Å². The Morgan fingerprint density at radius 2 is 1.48 bits per heavy atom. The Kier molecular flexibility index (Phi) is 6.14. The Balaban J connectivity index is 1.45. The first kappa shape index (κ1) is 20.4. The molecule has 0 fully saturated rings. The number of carbonyl (C=O) groups is 1. The zero-order valence-corrected chi connectivity index (χ0v) is 17.8. The van der Waals surface area contributed by atoms with Gasteiger partial charge in [-0.2, -0.15) is 0 Å². The molecule has 1 amide bonds. The van der Waals surface area contributed by atoms with E-state index in [1.807, 2.05) is 60.0 Å². The maximum absolute atomic E-state index is 12.6. The molecule has 0 aliphatic rings. The number of rotatable bonds is 7. The van der Waals surface area contributed by atoms with Gasteiger partial charge in [0.05, 0.1) is 19.9 Å². The lowest BCUT2D eigenvalue weighted by Crippen LogP contribution is -2.12. The van der Waals surface area contributed by atoms with Gasteiger partial charge in [0.25, 0.3) is 5.91 Å². The van der Waals surface area contributed by atoms with Gasteiger partial charge in [0.1, 0.15) is 23.0 Å². The van der Waals surface area contributed by atoms with Crippen LogP contribution < -0.4 is 19.5 Å². The molecule has 0 saturated heterocycles. The fourth-order valence-electron chi connectivity index (χ4n) is 2.89. The second-order valence-corrected chi connectivity index (χ2v) is 7.39. The SMILES string of the molecule is COc1cc(OC)cc(C(=O)Nc2nc(-c3ccc(Oc4ccccc4)cc3)cs2)c1. The number of anilines is 1. The van der Waals surface area contributed by atoms with E-state index in [9.17, 15) is 4.79 Å². The first-order valence-corrected chi connectivity index (χ1v) is 10.4. The summed E-state index contributed by atoms with van der Waals surface area (Å²) in [5.74, 6) is 2.32. The van der Waals surface area contributed by atoms with Gasteiger partial charge >= 0.3 is 0 Å². The van der Waals surface area contributed by atoms with Crippen molar-refractivity contribution >= 4 is 22.4 Å². The van der Waals surface area contributed by atoms with Crippen LogP contribution in [0.2, 0.25) is 0 Å². The maximum Gasteiger partial charge on any atom is 0.257 e. The number of methoxy groups -OCH3 is 2. The van der Waals surface area contributed by atoms with E-state index in [1.165, 1.54) is 11.3 Å². The Labute approximate surface area is 184 Å². The molecule has 0 aliphatic heterocycles. The van der Waals surface area contributed by atoms with Crippen LogP contribution in [-0.4, -0.2) is 25.1 Å². The molecule has 0 radical (unpaired) electrons. The average Bonchev–Trinajstić information content (AvgIpc) is 3.28. The van der Waals surface area contributed by atoms with Gasteiger partial charge < -0.3 is 14.2 Å². The van der Waals surface area contributed by atoms with Crippen molar-refractivity contribution in [2.75, 3.05) is 19.5 Å².